The molecule has 0 saturated heterocycles. The Balaban J connectivity index is 2.60. The minimum atomic E-state index is 0.398. The van der Waals surface area contributed by atoms with Crippen LogP contribution in [0, 0.1) is 11.3 Å². The zero-order valence-electron chi connectivity index (χ0n) is 6.92. The number of rotatable bonds is 3. The second kappa shape index (κ2) is 4.48. The average Bonchev–Trinajstić information content (AvgIpc) is 2.15. The topological polar surface area (TPSA) is 48.7 Å². The number of nitrogens with zero attached hydrogens (tertiary/aromatic N) is 2. The van der Waals surface area contributed by atoms with E-state index in [1.165, 1.54) is 0 Å². The summed E-state index contributed by atoms with van der Waals surface area (Å²) in [5.41, 5.74) is 1.22. The van der Waals surface area contributed by atoms with E-state index in [-0.39, 0.29) is 0 Å². The van der Waals surface area contributed by atoms with E-state index >= 15 is 0 Å². The molecule has 4 heteroatoms. The molecule has 0 aliphatic heterocycles. The summed E-state index contributed by atoms with van der Waals surface area (Å²) in [4.78, 5) is 3.88. The fourth-order valence-corrected chi connectivity index (χ4v) is 0.829. The van der Waals surface area contributed by atoms with Gasteiger partial charge in [-0.1, -0.05) is 18.2 Å². The van der Waals surface area contributed by atoms with Crippen molar-refractivity contribution in [1.29, 1.82) is 5.26 Å². The predicted molar refractivity (Wildman–Crippen MR) is 52.4 cm³/mol. The largest absolute Gasteiger partial charge is 0.379 e. The lowest BCUT2D eigenvalue weighted by Gasteiger charge is -2.03. The van der Waals surface area contributed by atoms with Crippen LogP contribution in [0.1, 0.15) is 5.69 Å². The lowest BCUT2D eigenvalue weighted by molar-refractivity contribution is 1.23. The summed E-state index contributed by atoms with van der Waals surface area (Å²) in [5, 5.41) is 12.0. The number of pyridine rings is 1. The van der Waals surface area contributed by atoms with Crippen molar-refractivity contribution in [2.75, 3.05) is 11.9 Å². The third kappa shape index (κ3) is 3.14. The van der Waals surface area contributed by atoms with Gasteiger partial charge in [-0.15, -0.1) is 0 Å². The first-order valence-electron chi connectivity index (χ1n) is 3.65. The Morgan fingerprint density at radius 3 is 2.92 bits per heavy atom. The van der Waals surface area contributed by atoms with Gasteiger partial charge in [0.2, 0.25) is 0 Å². The van der Waals surface area contributed by atoms with Crippen molar-refractivity contribution in [3.63, 3.8) is 0 Å². The maximum Gasteiger partial charge on any atom is 0.140 e. The van der Waals surface area contributed by atoms with Crippen LogP contribution in [0.15, 0.2) is 29.9 Å². The Kier molecular flexibility index (Phi) is 3.30. The molecule has 1 aromatic heterocycles. The molecule has 0 spiro atoms. The zero-order chi connectivity index (χ0) is 9.68. The van der Waals surface area contributed by atoms with E-state index in [0.29, 0.717) is 17.3 Å². The van der Waals surface area contributed by atoms with Gasteiger partial charge >= 0.3 is 0 Å². The van der Waals surface area contributed by atoms with Crippen LogP contribution in [0.4, 0.5) is 5.69 Å². The Hall–Kier alpha value is -1.53. The first-order chi connectivity index (χ1) is 6.22. The van der Waals surface area contributed by atoms with Crippen molar-refractivity contribution in [3.8, 4) is 6.07 Å². The van der Waals surface area contributed by atoms with E-state index in [2.05, 4.69) is 16.9 Å². The molecule has 66 valence electrons. The second-order valence-corrected chi connectivity index (χ2v) is 2.95. The molecule has 1 aromatic rings. The highest BCUT2D eigenvalue weighted by Gasteiger charge is 1.94. The third-order valence-electron chi connectivity index (χ3n) is 1.36. The van der Waals surface area contributed by atoms with Crippen LogP contribution in [0.2, 0.25) is 0 Å². The van der Waals surface area contributed by atoms with E-state index in [0.717, 1.165) is 5.69 Å². The highest BCUT2D eigenvalue weighted by Crippen LogP contribution is 2.06. The Bertz CT molecular complexity index is 337. The fraction of sp³-hybridized carbons (Fsp3) is 0.111. The minimum Gasteiger partial charge on any atom is -0.379 e. The van der Waals surface area contributed by atoms with Crippen molar-refractivity contribution in [3.05, 3.63) is 35.6 Å². The lowest BCUT2D eigenvalue weighted by Crippen LogP contribution is -2.01. The number of hydrogen-bond donors (Lipinski definition) is 1. The summed E-state index contributed by atoms with van der Waals surface area (Å²) in [6.07, 6.45) is 1.58. The summed E-state index contributed by atoms with van der Waals surface area (Å²) in [6, 6.07) is 5.34. The van der Waals surface area contributed by atoms with Crippen LogP contribution in [0.25, 0.3) is 0 Å². The van der Waals surface area contributed by atoms with Gasteiger partial charge in [0.1, 0.15) is 11.8 Å². The van der Waals surface area contributed by atoms with Crippen LogP contribution < -0.4 is 5.32 Å². The molecule has 0 radical (unpaired) electrons. The lowest BCUT2D eigenvalue weighted by atomic mass is 10.3. The van der Waals surface area contributed by atoms with E-state index in [1.54, 1.807) is 18.3 Å². The minimum absolute atomic E-state index is 0.398. The quantitative estimate of drug-likeness (QED) is 0.800. The van der Waals surface area contributed by atoms with Gasteiger partial charge in [-0.25, -0.2) is 4.98 Å². The molecule has 0 amide bonds. The molecule has 1 N–H and O–H groups in total. The van der Waals surface area contributed by atoms with Gasteiger partial charge in [-0.3, -0.25) is 0 Å². The van der Waals surface area contributed by atoms with Gasteiger partial charge in [0.25, 0.3) is 0 Å². The molecule has 0 aromatic carbocycles. The molecule has 0 fully saturated rings. The van der Waals surface area contributed by atoms with Gasteiger partial charge in [-0.2, -0.15) is 5.26 Å². The van der Waals surface area contributed by atoms with E-state index in [9.17, 15) is 0 Å². The highest BCUT2D eigenvalue weighted by molar-refractivity contribution is 6.29. The van der Waals surface area contributed by atoms with Crippen molar-refractivity contribution in [2.45, 2.75) is 0 Å². The number of nitrogens with one attached hydrogen (secondary N) is 1. The molecule has 1 heterocycles. The van der Waals surface area contributed by atoms with Gasteiger partial charge in [-0.05, 0) is 12.1 Å². The summed E-state index contributed by atoms with van der Waals surface area (Å²) in [6.45, 7) is 4.03. The zero-order valence-corrected chi connectivity index (χ0v) is 7.67. The SMILES string of the molecule is C=C(Cl)CNc1ccc(C#N)nc1. The summed E-state index contributed by atoms with van der Waals surface area (Å²) in [7, 11) is 0. The molecule has 0 unspecified atom stereocenters. The number of nitriles is 1. The highest BCUT2D eigenvalue weighted by atomic mass is 35.5. The molecule has 0 aliphatic rings. The van der Waals surface area contributed by atoms with E-state index in [1.807, 2.05) is 6.07 Å². The van der Waals surface area contributed by atoms with Crippen molar-refractivity contribution >= 4 is 17.3 Å². The van der Waals surface area contributed by atoms with E-state index in [4.69, 9.17) is 16.9 Å². The van der Waals surface area contributed by atoms with Crippen LogP contribution in [0.5, 0.6) is 0 Å². The standard InChI is InChI=1S/C9H8ClN3/c1-7(10)5-12-9-3-2-8(4-11)13-6-9/h2-3,6,12H,1,5H2. The first kappa shape index (κ1) is 9.56. The molecule has 1 rings (SSSR count). The Labute approximate surface area is 81.7 Å². The van der Waals surface area contributed by atoms with Gasteiger partial charge in [0.05, 0.1) is 18.4 Å². The molecular formula is C9H8ClN3. The Morgan fingerprint density at radius 2 is 2.46 bits per heavy atom. The summed E-state index contributed by atoms with van der Waals surface area (Å²) < 4.78 is 0. The van der Waals surface area contributed by atoms with Crippen molar-refractivity contribution in [2.24, 2.45) is 0 Å². The van der Waals surface area contributed by atoms with Gasteiger partial charge in [0.15, 0.2) is 0 Å². The van der Waals surface area contributed by atoms with Gasteiger partial charge in [0, 0.05) is 5.03 Å². The second-order valence-electron chi connectivity index (χ2n) is 2.41. The molecule has 0 bridgehead atoms. The van der Waals surface area contributed by atoms with E-state index < -0.39 is 0 Å². The smallest absolute Gasteiger partial charge is 0.140 e. The van der Waals surface area contributed by atoms with Crippen LogP contribution in [0.3, 0.4) is 0 Å². The average molecular weight is 194 g/mol. The van der Waals surface area contributed by atoms with Crippen molar-refractivity contribution < 1.29 is 0 Å². The Morgan fingerprint density at radius 1 is 1.69 bits per heavy atom. The normalized spacial score (nSPS) is 8.92. The predicted octanol–water partition coefficient (Wildman–Crippen LogP) is 2.12. The van der Waals surface area contributed by atoms with Gasteiger partial charge < -0.3 is 5.32 Å². The number of halogens is 1. The molecule has 0 aliphatic carbocycles. The maximum atomic E-state index is 8.48. The summed E-state index contributed by atoms with van der Waals surface area (Å²) in [5.74, 6) is 0. The monoisotopic (exact) mass is 193 g/mol. The fourth-order valence-electron chi connectivity index (χ4n) is 0.763. The first-order valence-corrected chi connectivity index (χ1v) is 4.03. The molecule has 3 nitrogen and oxygen atoms in total. The summed E-state index contributed by atoms with van der Waals surface area (Å²) >= 11 is 5.56. The molecule has 0 saturated carbocycles. The maximum absolute atomic E-state index is 8.48. The van der Waals surface area contributed by atoms with Crippen LogP contribution in [-0.2, 0) is 0 Å². The molecular weight excluding hydrogens is 186 g/mol. The molecule has 13 heavy (non-hydrogen) atoms. The van der Waals surface area contributed by atoms with Crippen molar-refractivity contribution in [1.82, 2.24) is 4.98 Å². The van der Waals surface area contributed by atoms with Crippen LogP contribution in [-0.4, -0.2) is 11.5 Å². The third-order valence-corrected chi connectivity index (χ3v) is 1.50. The molecule has 0 atom stereocenters. The van der Waals surface area contributed by atoms with Crippen LogP contribution >= 0.6 is 11.6 Å². The number of anilines is 1. The number of aromatic nitrogens is 1. The number of hydrogen-bond acceptors (Lipinski definition) is 3.